The van der Waals surface area contributed by atoms with Gasteiger partial charge in [-0.25, -0.2) is 0 Å². The predicted molar refractivity (Wildman–Crippen MR) is 101 cm³/mol. The van der Waals surface area contributed by atoms with Gasteiger partial charge in [0.05, 0.1) is 27.8 Å². The molecule has 1 saturated heterocycles. The molecule has 0 aliphatic carbocycles. The van der Waals surface area contributed by atoms with Crippen LogP contribution >= 0.6 is 23.2 Å². The van der Waals surface area contributed by atoms with Gasteiger partial charge >= 0.3 is 0 Å². The van der Waals surface area contributed by atoms with Gasteiger partial charge in [-0.1, -0.05) is 41.4 Å². The minimum atomic E-state index is 0.0278. The summed E-state index contributed by atoms with van der Waals surface area (Å²) in [5.74, 6) is 0.0278. The Kier molecular flexibility index (Phi) is 5.32. The summed E-state index contributed by atoms with van der Waals surface area (Å²) < 4.78 is 0. The van der Waals surface area contributed by atoms with Crippen LogP contribution < -0.4 is 9.80 Å². The molecular weight excluding hydrogens is 343 g/mol. The molecular formula is C19H20Cl2N2O. The molecule has 1 aliphatic heterocycles. The molecule has 3 rings (SSSR count). The Bertz CT molecular complexity index is 742. The number of hydrogen-bond acceptors (Lipinski definition) is 2. The highest BCUT2D eigenvalue weighted by atomic mass is 35.5. The van der Waals surface area contributed by atoms with Crippen molar-refractivity contribution in [3.63, 3.8) is 0 Å². The van der Waals surface area contributed by atoms with Gasteiger partial charge in [0, 0.05) is 20.1 Å². The molecule has 126 valence electrons. The first kappa shape index (κ1) is 17.1. The average molecular weight is 363 g/mol. The fourth-order valence-electron chi connectivity index (χ4n) is 3.05. The van der Waals surface area contributed by atoms with Crippen molar-refractivity contribution in [2.45, 2.75) is 19.3 Å². The van der Waals surface area contributed by atoms with Crippen molar-refractivity contribution in [2.24, 2.45) is 0 Å². The first-order chi connectivity index (χ1) is 11.6. The zero-order valence-electron chi connectivity index (χ0n) is 13.6. The lowest BCUT2D eigenvalue weighted by Crippen LogP contribution is -2.30. The van der Waals surface area contributed by atoms with E-state index >= 15 is 0 Å². The number of likely N-dealkylation sites (N-methyl/N-ethyl adjacent to an activating group) is 1. The van der Waals surface area contributed by atoms with E-state index in [9.17, 15) is 4.79 Å². The van der Waals surface area contributed by atoms with Gasteiger partial charge in [0.1, 0.15) is 0 Å². The Hall–Kier alpha value is -1.71. The molecule has 0 saturated carbocycles. The number of rotatable bonds is 4. The highest BCUT2D eigenvalue weighted by Crippen LogP contribution is 2.31. The Morgan fingerprint density at radius 3 is 2.50 bits per heavy atom. The molecule has 1 amide bonds. The number of carbonyl (C=O) groups excluding carboxylic acids is 1. The molecule has 0 spiro atoms. The number of carbonyl (C=O) groups is 1. The van der Waals surface area contributed by atoms with E-state index in [-0.39, 0.29) is 5.91 Å². The number of anilines is 2. The molecule has 1 aliphatic rings. The zero-order valence-corrected chi connectivity index (χ0v) is 15.1. The molecule has 0 N–H and O–H groups in total. The van der Waals surface area contributed by atoms with Crippen molar-refractivity contribution in [1.82, 2.24) is 0 Å². The Morgan fingerprint density at radius 2 is 1.79 bits per heavy atom. The molecule has 0 aromatic heterocycles. The highest BCUT2D eigenvalue weighted by Gasteiger charge is 2.20. The molecule has 1 fully saturated rings. The maximum atomic E-state index is 12.7. The van der Waals surface area contributed by atoms with Crippen LogP contribution in [-0.4, -0.2) is 26.0 Å². The largest absolute Gasteiger partial charge is 0.370 e. The van der Waals surface area contributed by atoms with Gasteiger partial charge in [0.2, 0.25) is 5.91 Å². The Morgan fingerprint density at radius 1 is 1.08 bits per heavy atom. The summed E-state index contributed by atoms with van der Waals surface area (Å²) in [7, 11) is 1.83. The number of benzene rings is 2. The molecule has 5 heteroatoms. The number of para-hydroxylation sites is 2. The van der Waals surface area contributed by atoms with Gasteiger partial charge in [-0.05, 0) is 42.7 Å². The monoisotopic (exact) mass is 362 g/mol. The third kappa shape index (κ3) is 3.68. The van der Waals surface area contributed by atoms with Crippen LogP contribution in [0.2, 0.25) is 10.0 Å². The lowest BCUT2D eigenvalue weighted by molar-refractivity contribution is -0.117. The van der Waals surface area contributed by atoms with Crippen molar-refractivity contribution in [3.05, 3.63) is 58.1 Å². The fraction of sp³-hybridized carbons (Fsp3) is 0.316. The van der Waals surface area contributed by atoms with E-state index in [1.54, 1.807) is 17.0 Å². The van der Waals surface area contributed by atoms with Gasteiger partial charge in [-0.3, -0.25) is 4.79 Å². The van der Waals surface area contributed by atoms with Gasteiger partial charge in [-0.15, -0.1) is 0 Å². The van der Waals surface area contributed by atoms with Crippen LogP contribution in [0, 0.1) is 0 Å². The van der Waals surface area contributed by atoms with Crippen LogP contribution in [0.4, 0.5) is 11.4 Å². The van der Waals surface area contributed by atoms with Crippen molar-refractivity contribution < 1.29 is 4.79 Å². The summed E-state index contributed by atoms with van der Waals surface area (Å²) in [6.07, 6.45) is 2.70. The van der Waals surface area contributed by atoms with Gasteiger partial charge in [0.15, 0.2) is 0 Å². The van der Waals surface area contributed by atoms with E-state index in [1.165, 1.54) is 12.8 Å². The maximum Gasteiger partial charge on any atom is 0.231 e. The van der Waals surface area contributed by atoms with Crippen LogP contribution in [0.3, 0.4) is 0 Å². The summed E-state index contributed by atoms with van der Waals surface area (Å²) in [6, 6.07) is 13.4. The number of hydrogen-bond donors (Lipinski definition) is 0. The summed E-state index contributed by atoms with van der Waals surface area (Å²) in [6.45, 7) is 2.09. The van der Waals surface area contributed by atoms with Crippen molar-refractivity contribution in [3.8, 4) is 0 Å². The first-order valence-electron chi connectivity index (χ1n) is 8.11. The molecule has 1 heterocycles. The summed E-state index contributed by atoms with van der Waals surface area (Å²) in [5, 5.41) is 0.975. The molecule has 0 bridgehead atoms. The molecule has 0 radical (unpaired) electrons. The molecule has 2 aromatic rings. The van der Waals surface area contributed by atoms with Gasteiger partial charge < -0.3 is 9.80 Å². The van der Waals surface area contributed by atoms with Crippen molar-refractivity contribution >= 4 is 40.5 Å². The highest BCUT2D eigenvalue weighted by molar-refractivity contribution is 6.42. The minimum Gasteiger partial charge on any atom is -0.370 e. The van der Waals surface area contributed by atoms with Crippen LogP contribution in [0.15, 0.2) is 42.5 Å². The molecule has 0 unspecified atom stereocenters. The predicted octanol–water partition coefficient (Wildman–Crippen LogP) is 4.80. The van der Waals surface area contributed by atoms with E-state index in [4.69, 9.17) is 23.2 Å². The summed E-state index contributed by atoms with van der Waals surface area (Å²) in [5.41, 5.74) is 2.93. The number of amides is 1. The van der Waals surface area contributed by atoms with Crippen molar-refractivity contribution in [2.75, 3.05) is 29.9 Å². The Labute approximate surface area is 152 Å². The third-order valence-electron chi connectivity index (χ3n) is 4.40. The summed E-state index contributed by atoms with van der Waals surface area (Å²) >= 11 is 12.0. The molecule has 3 nitrogen and oxygen atoms in total. The van der Waals surface area contributed by atoms with E-state index in [2.05, 4.69) is 11.0 Å². The lowest BCUT2D eigenvalue weighted by Gasteiger charge is -2.26. The maximum absolute atomic E-state index is 12.7. The zero-order chi connectivity index (χ0) is 17.1. The van der Waals surface area contributed by atoms with Gasteiger partial charge in [0.25, 0.3) is 0 Å². The van der Waals surface area contributed by atoms with Gasteiger partial charge in [-0.2, -0.15) is 0 Å². The minimum absolute atomic E-state index is 0.0278. The second-order valence-electron chi connectivity index (χ2n) is 6.06. The summed E-state index contributed by atoms with van der Waals surface area (Å²) in [4.78, 5) is 16.8. The van der Waals surface area contributed by atoms with E-state index in [0.29, 0.717) is 16.5 Å². The Balaban J connectivity index is 1.79. The standard InChI is InChI=1S/C19H20Cl2N2O/c1-22(19(24)13-14-8-9-15(20)16(21)12-14)17-6-2-3-7-18(17)23-10-4-5-11-23/h2-3,6-9,12H,4-5,10-11,13H2,1H3. The quantitative estimate of drug-likeness (QED) is 0.779. The number of halogens is 2. The SMILES string of the molecule is CN(C(=O)Cc1ccc(Cl)c(Cl)c1)c1ccccc1N1CCCC1. The van der Waals surface area contributed by atoms with E-state index in [0.717, 1.165) is 30.0 Å². The lowest BCUT2D eigenvalue weighted by atomic mass is 10.1. The van der Waals surface area contributed by atoms with Crippen LogP contribution in [-0.2, 0) is 11.2 Å². The second kappa shape index (κ2) is 7.45. The van der Waals surface area contributed by atoms with E-state index < -0.39 is 0 Å². The first-order valence-corrected chi connectivity index (χ1v) is 8.86. The smallest absolute Gasteiger partial charge is 0.231 e. The van der Waals surface area contributed by atoms with Crippen LogP contribution in [0.1, 0.15) is 18.4 Å². The topological polar surface area (TPSA) is 23.6 Å². The second-order valence-corrected chi connectivity index (χ2v) is 6.88. The molecule has 24 heavy (non-hydrogen) atoms. The van der Waals surface area contributed by atoms with E-state index in [1.807, 2.05) is 31.3 Å². The molecule has 2 aromatic carbocycles. The fourth-order valence-corrected chi connectivity index (χ4v) is 3.37. The van der Waals surface area contributed by atoms with Crippen molar-refractivity contribution in [1.29, 1.82) is 0 Å². The van der Waals surface area contributed by atoms with Crippen LogP contribution in [0.5, 0.6) is 0 Å². The van der Waals surface area contributed by atoms with Crippen LogP contribution in [0.25, 0.3) is 0 Å². The normalized spacial score (nSPS) is 14.0. The third-order valence-corrected chi connectivity index (χ3v) is 5.14. The average Bonchev–Trinajstić information content (AvgIpc) is 3.12. The molecule has 0 atom stereocenters. The number of nitrogens with zero attached hydrogens (tertiary/aromatic N) is 2.